The number of rotatable bonds is 5. The number of thiazole rings is 1. The van der Waals surface area contributed by atoms with Crippen LogP contribution in [-0.4, -0.2) is 11.0 Å². The van der Waals surface area contributed by atoms with E-state index >= 15 is 0 Å². The van der Waals surface area contributed by atoms with E-state index in [9.17, 15) is 0 Å². The first kappa shape index (κ1) is 13.8. The van der Waals surface area contributed by atoms with E-state index < -0.39 is 0 Å². The van der Waals surface area contributed by atoms with Crippen LogP contribution in [0.1, 0.15) is 33.6 Å². The van der Waals surface area contributed by atoms with Gasteiger partial charge < -0.3 is 5.32 Å². The number of halogens is 1. The highest BCUT2D eigenvalue weighted by Gasteiger charge is 2.14. The molecule has 1 N–H and O–H groups in total. The number of anilines is 1. The zero-order valence-corrected chi connectivity index (χ0v) is 13.4. The van der Waals surface area contributed by atoms with Crippen LogP contribution in [0.5, 0.6) is 0 Å². The van der Waals surface area contributed by atoms with E-state index in [2.05, 4.69) is 59.1 Å². The minimum absolute atomic E-state index is 0.476. The van der Waals surface area contributed by atoms with Gasteiger partial charge in [-0.25, -0.2) is 4.98 Å². The highest BCUT2D eigenvalue weighted by atomic mass is 79.9. The Morgan fingerprint density at radius 1 is 1.33 bits per heavy atom. The molecule has 1 unspecified atom stereocenters. The molecule has 0 amide bonds. The van der Waals surface area contributed by atoms with Gasteiger partial charge in [-0.05, 0) is 31.0 Å². The molecule has 0 saturated carbocycles. The standard InChI is InChI=1S/C14H19BrN2S/c1-4-10(5-2)9(3)16-14-17-12-7-6-11(15)8-13(12)18-14/h6-10H,4-5H2,1-3H3,(H,16,17). The quantitative estimate of drug-likeness (QED) is 0.806. The summed E-state index contributed by atoms with van der Waals surface area (Å²) in [5, 5.41) is 4.57. The third-order valence-corrected chi connectivity index (χ3v) is 4.90. The van der Waals surface area contributed by atoms with Crippen LogP contribution < -0.4 is 5.32 Å². The van der Waals surface area contributed by atoms with Crippen molar-refractivity contribution in [2.24, 2.45) is 5.92 Å². The molecular formula is C14H19BrN2S. The summed E-state index contributed by atoms with van der Waals surface area (Å²) < 4.78 is 2.34. The van der Waals surface area contributed by atoms with Crippen molar-refractivity contribution in [2.75, 3.05) is 5.32 Å². The van der Waals surface area contributed by atoms with Crippen LogP contribution >= 0.6 is 27.3 Å². The van der Waals surface area contributed by atoms with Crippen molar-refractivity contribution in [2.45, 2.75) is 39.7 Å². The van der Waals surface area contributed by atoms with Crippen LogP contribution in [0.4, 0.5) is 5.13 Å². The van der Waals surface area contributed by atoms with Crippen LogP contribution in [0.15, 0.2) is 22.7 Å². The van der Waals surface area contributed by atoms with Gasteiger partial charge in [-0.1, -0.05) is 54.0 Å². The summed E-state index contributed by atoms with van der Waals surface area (Å²) in [5.41, 5.74) is 1.07. The lowest BCUT2D eigenvalue weighted by Gasteiger charge is -2.21. The van der Waals surface area contributed by atoms with Crippen LogP contribution in [0.25, 0.3) is 10.2 Å². The molecule has 0 aliphatic rings. The molecule has 2 rings (SSSR count). The average Bonchev–Trinajstić information content (AvgIpc) is 2.71. The van der Waals surface area contributed by atoms with E-state index in [0.29, 0.717) is 12.0 Å². The molecule has 0 bridgehead atoms. The lowest BCUT2D eigenvalue weighted by Crippen LogP contribution is -2.24. The van der Waals surface area contributed by atoms with Crippen LogP contribution in [0.2, 0.25) is 0 Å². The molecule has 0 radical (unpaired) electrons. The number of hydrogen-bond acceptors (Lipinski definition) is 3. The first-order valence-corrected chi connectivity index (χ1v) is 8.07. The number of nitrogens with zero attached hydrogens (tertiary/aromatic N) is 1. The first-order chi connectivity index (χ1) is 8.63. The highest BCUT2D eigenvalue weighted by molar-refractivity contribution is 9.10. The molecule has 2 nitrogen and oxygen atoms in total. The number of hydrogen-bond donors (Lipinski definition) is 1. The van der Waals surface area contributed by atoms with Crippen molar-refractivity contribution >= 4 is 42.6 Å². The van der Waals surface area contributed by atoms with Crippen LogP contribution in [0, 0.1) is 5.92 Å². The molecule has 98 valence electrons. The summed E-state index contributed by atoms with van der Waals surface area (Å²) >= 11 is 5.22. The Labute approximate surface area is 121 Å². The molecule has 0 fully saturated rings. The number of fused-ring (bicyclic) bond motifs is 1. The molecule has 4 heteroatoms. The van der Waals surface area contributed by atoms with E-state index in [-0.39, 0.29) is 0 Å². The Morgan fingerprint density at radius 3 is 2.72 bits per heavy atom. The summed E-state index contributed by atoms with van der Waals surface area (Å²) in [4.78, 5) is 4.63. The molecule has 2 aromatic rings. The second-order valence-corrected chi connectivity index (χ2v) is 6.59. The van der Waals surface area contributed by atoms with Gasteiger partial charge in [-0.3, -0.25) is 0 Å². The maximum atomic E-state index is 4.63. The van der Waals surface area contributed by atoms with Gasteiger partial charge in [0.1, 0.15) is 0 Å². The summed E-state index contributed by atoms with van der Waals surface area (Å²) in [5.74, 6) is 0.712. The zero-order valence-electron chi connectivity index (χ0n) is 11.0. The Morgan fingerprint density at radius 2 is 2.06 bits per heavy atom. The highest BCUT2D eigenvalue weighted by Crippen LogP contribution is 2.29. The molecular weight excluding hydrogens is 308 g/mol. The minimum atomic E-state index is 0.476. The van der Waals surface area contributed by atoms with E-state index in [1.54, 1.807) is 11.3 Å². The van der Waals surface area contributed by atoms with Crippen molar-refractivity contribution in [3.8, 4) is 0 Å². The van der Waals surface area contributed by atoms with Crippen molar-refractivity contribution in [1.82, 2.24) is 4.98 Å². The molecule has 1 heterocycles. The molecule has 18 heavy (non-hydrogen) atoms. The predicted octanol–water partition coefficient (Wildman–Crippen LogP) is 5.30. The molecule has 0 aliphatic heterocycles. The van der Waals surface area contributed by atoms with Gasteiger partial charge in [0.15, 0.2) is 5.13 Å². The normalized spacial score (nSPS) is 13.2. The van der Waals surface area contributed by atoms with Crippen molar-refractivity contribution in [3.63, 3.8) is 0 Å². The number of benzene rings is 1. The van der Waals surface area contributed by atoms with Gasteiger partial charge in [0.2, 0.25) is 0 Å². The Kier molecular flexibility index (Phi) is 4.62. The van der Waals surface area contributed by atoms with Gasteiger partial charge in [-0.2, -0.15) is 0 Å². The maximum absolute atomic E-state index is 4.63. The lowest BCUT2D eigenvalue weighted by atomic mass is 9.96. The zero-order chi connectivity index (χ0) is 13.1. The van der Waals surface area contributed by atoms with Gasteiger partial charge >= 0.3 is 0 Å². The monoisotopic (exact) mass is 326 g/mol. The van der Waals surface area contributed by atoms with E-state index in [1.807, 2.05) is 6.07 Å². The third kappa shape index (κ3) is 3.04. The predicted molar refractivity (Wildman–Crippen MR) is 84.5 cm³/mol. The molecule has 1 aromatic heterocycles. The topological polar surface area (TPSA) is 24.9 Å². The first-order valence-electron chi connectivity index (χ1n) is 6.46. The number of nitrogens with one attached hydrogen (secondary N) is 1. The van der Waals surface area contributed by atoms with E-state index in [1.165, 1.54) is 17.5 Å². The van der Waals surface area contributed by atoms with E-state index in [0.717, 1.165) is 15.1 Å². The molecule has 1 aromatic carbocycles. The Hall–Kier alpha value is -0.610. The average molecular weight is 327 g/mol. The lowest BCUT2D eigenvalue weighted by molar-refractivity contribution is 0.438. The van der Waals surface area contributed by atoms with E-state index in [4.69, 9.17) is 0 Å². The molecule has 1 atom stereocenters. The summed E-state index contributed by atoms with van der Waals surface area (Å²) in [6.07, 6.45) is 2.42. The van der Waals surface area contributed by atoms with Crippen molar-refractivity contribution in [1.29, 1.82) is 0 Å². The third-order valence-electron chi connectivity index (χ3n) is 3.46. The van der Waals surface area contributed by atoms with Crippen molar-refractivity contribution < 1.29 is 0 Å². The second-order valence-electron chi connectivity index (χ2n) is 4.64. The second kappa shape index (κ2) is 6.02. The smallest absolute Gasteiger partial charge is 0.184 e. The molecule has 0 saturated heterocycles. The maximum Gasteiger partial charge on any atom is 0.184 e. The SMILES string of the molecule is CCC(CC)C(C)Nc1nc2ccc(Br)cc2s1. The van der Waals surface area contributed by atoms with Crippen LogP contribution in [0.3, 0.4) is 0 Å². The minimum Gasteiger partial charge on any atom is -0.359 e. The summed E-state index contributed by atoms with van der Waals surface area (Å²) in [6.45, 7) is 6.75. The molecule has 0 spiro atoms. The van der Waals surface area contributed by atoms with Crippen molar-refractivity contribution in [3.05, 3.63) is 22.7 Å². The summed E-state index contributed by atoms with van der Waals surface area (Å²) in [6, 6.07) is 6.70. The van der Waals surface area contributed by atoms with Gasteiger partial charge in [0.05, 0.1) is 10.2 Å². The van der Waals surface area contributed by atoms with Gasteiger partial charge in [0.25, 0.3) is 0 Å². The Balaban J connectivity index is 2.16. The van der Waals surface area contributed by atoms with Gasteiger partial charge in [-0.15, -0.1) is 0 Å². The fraction of sp³-hybridized carbons (Fsp3) is 0.500. The number of aromatic nitrogens is 1. The Bertz CT molecular complexity index is 519. The summed E-state index contributed by atoms with van der Waals surface area (Å²) in [7, 11) is 0. The molecule has 0 aliphatic carbocycles. The fourth-order valence-electron chi connectivity index (χ4n) is 2.27. The largest absolute Gasteiger partial charge is 0.359 e. The fourth-order valence-corrected chi connectivity index (χ4v) is 3.78. The van der Waals surface area contributed by atoms with Crippen LogP contribution in [-0.2, 0) is 0 Å². The van der Waals surface area contributed by atoms with Gasteiger partial charge in [0, 0.05) is 10.5 Å².